The minimum Gasteiger partial charge on any atom is -0.383 e. The van der Waals surface area contributed by atoms with E-state index in [9.17, 15) is 4.79 Å². The first-order valence-electron chi connectivity index (χ1n) is 9.28. The number of amides is 1. The maximum atomic E-state index is 13.1. The molecule has 0 saturated carbocycles. The summed E-state index contributed by atoms with van der Waals surface area (Å²) in [7, 11) is 1.71. The summed E-state index contributed by atoms with van der Waals surface area (Å²) in [5, 5.41) is 0. The summed E-state index contributed by atoms with van der Waals surface area (Å²) >= 11 is 0. The van der Waals surface area contributed by atoms with Crippen molar-refractivity contribution >= 4 is 11.7 Å². The molecule has 1 fully saturated rings. The molecular formula is C19H24N6O2. The van der Waals surface area contributed by atoms with E-state index in [0.717, 1.165) is 30.9 Å². The van der Waals surface area contributed by atoms with Crippen LogP contribution in [0.1, 0.15) is 40.8 Å². The number of fused-ring (bicyclic) bond motifs is 1. The molecular weight excluding hydrogens is 344 g/mol. The molecule has 1 saturated heterocycles. The molecule has 0 radical (unpaired) electrons. The van der Waals surface area contributed by atoms with Crippen molar-refractivity contribution in [3.8, 4) is 0 Å². The molecule has 0 unspecified atom stereocenters. The Morgan fingerprint density at radius 3 is 2.81 bits per heavy atom. The molecule has 142 valence electrons. The molecule has 1 aliphatic rings. The first kappa shape index (κ1) is 17.7. The second kappa shape index (κ2) is 7.48. The molecule has 8 heteroatoms. The van der Waals surface area contributed by atoms with Gasteiger partial charge in [0.25, 0.3) is 5.91 Å². The van der Waals surface area contributed by atoms with Gasteiger partial charge in [-0.05, 0) is 25.8 Å². The van der Waals surface area contributed by atoms with Crippen LogP contribution in [0.2, 0.25) is 0 Å². The Morgan fingerprint density at radius 1 is 1.22 bits per heavy atom. The molecule has 0 spiro atoms. The van der Waals surface area contributed by atoms with Gasteiger partial charge in [0.2, 0.25) is 5.78 Å². The van der Waals surface area contributed by atoms with Gasteiger partial charge in [0.05, 0.1) is 12.3 Å². The van der Waals surface area contributed by atoms with Gasteiger partial charge in [-0.25, -0.2) is 15.0 Å². The number of ether oxygens (including phenoxy) is 1. The lowest BCUT2D eigenvalue weighted by Crippen LogP contribution is -2.39. The van der Waals surface area contributed by atoms with Gasteiger partial charge in [0.15, 0.2) is 0 Å². The highest BCUT2D eigenvalue weighted by Crippen LogP contribution is 2.28. The summed E-state index contributed by atoms with van der Waals surface area (Å²) in [6.45, 7) is 4.77. The van der Waals surface area contributed by atoms with E-state index in [1.54, 1.807) is 17.7 Å². The molecule has 0 atom stereocenters. The largest absolute Gasteiger partial charge is 0.383 e. The van der Waals surface area contributed by atoms with Gasteiger partial charge in [0, 0.05) is 57.4 Å². The van der Waals surface area contributed by atoms with E-state index in [2.05, 4.69) is 19.5 Å². The van der Waals surface area contributed by atoms with Crippen LogP contribution in [-0.2, 0) is 11.3 Å². The van der Waals surface area contributed by atoms with Crippen LogP contribution in [0.15, 0.2) is 30.9 Å². The molecule has 4 heterocycles. The number of carbonyl (C=O) groups is 1. The van der Waals surface area contributed by atoms with Gasteiger partial charge in [-0.3, -0.25) is 9.20 Å². The topological polar surface area (TPSA) is 77.5 Å². The highest BCUT2D eigenvalue weighted by Gasteiger charge is 2.29. The monoisotopic (exact) mass is 368 g/mol. The average molecular weight is 368 g/mol. The fraction of sp³-hybridized carbons (Fsp3) is 0.474. The molecule has 1 amide bonds. The first-order chi connectivity index (χ1) is 13.2. The molecule has 0 aromatic carbocycles. The molecule has 1 aliphatic heterocycles. The van der Waals surface area contributed by atoms with E-state index >= 15 is 0 Å². The number of piperidine rings is 1. The SMILES string of the molecule is COCCn1ccnc1C1CCN(C(=O)c2c(C)nc3ncccn23)CC1. The zero-order valence-corrected chi connectivity index (χ0v) is 15.7. The minimum atomic E-state index is 0.0224. The Labute approximate surface area is 157 Å². The fourth-order valence-corrected chi connectivity index (χ4v) is 3.81. The molecule has 27 heavy (non-hydrogen) atoms. The van der Waals surface area contributed by atoms with Crippen LogP contribution in [0.4, 0.5) is 0 Å². The number of hydrogen-bond acceptors (Lipinski definition) is 5. The summed E-state index contributed by atoms with van der Waals surface area (Å²) < 4.78 is 9.12. The van der Waals surface area contributed by atoms with Gasteiger partial charge in [-0.1, -0.05) is 0 Å². The van der Waals surface area contributed by atoms with E-state index < -0.39 is 0 Å². The van der Waals surface area contributed by atoms with Crippen molar-refractivity contribution in [2.24, 2.45) is 0 Å². The van der Waals surface area contributed by atoms with Crippen LogP contribution >= 0.6 is 0 Å². The van der Waals surface area contributed by atoms with E-state index in [0.29, 0.717) is 37.1 Å². The number of aryl methyl sites for hydroxylation is 1. The smallest absolute Gasteiger partial charge is 0.272 e. The summed E-state index contributed by atoms with van der Waals surface area (Å²) in [6, 6.07) is 1.82. The molecule has 3 aromatic rings. The van der Waals surface area contributed by atoms with Gasteiger partial charge in [0.1, 0.15) is 11.5 Å². The van der Waals surface area contributed by atoms with Crippen molar-refractivity contribution in [2.75, 3.05) is 26.8 Å². The van der Waals surface area contributed by atoms with Crippen LogP contribution in [0.5, 0.6) is 0 Å². The van der Waals surface area contributed by atoms with Crippen molar-refractivity contribution in [3.63, 3.8) is 0 Å². The zero-order chi connectivity index (χ0) is 18.8. The zero-order valence-electron chi connectivity index (χ0n) is 15.7. The predicted octanol–water partition coefficient (Wildman–Crippen LogP) is 1.90. The van der Waals surface area contributed by atoms with Crippen molar-refractivity contribution in [1.82, 2.24) is 28.8 Å². The third-order valence-corrected chi connectivity index (χ3v) is 5.21. The number of aromatic nitrogens is 5. The number of methoxy groups -OCH3 is 1. The maximum Gasteiger partial charge on any atom is 0.272 e. The first-order valence-corrected chi connectivity index (χ1v) is 9.28. The number of likely N-dealkylation sites (tertiary alicyclic amines) is 1. The third kappa shape index (κ3) is 3.32. The lowest BCUT2D eigenvalue weighted by Gasteiger charge is -2.32. The number of nitrogens with zero attached hydrogens (tertiary/aromatic N) is 6. The predicted molar refractivity (Wildman–Crippen MR) is 99.7 cm³/mol. The van der Waals surface area contributed by atoms with Crippen molar-refractivity contribution in [1.29, 1.82) is 0 Å². The van der Waals surface area contributed by atoms with Crippen LogP contribution < -0.4 is 0 Å². The summed E-state index contributed by atoms with van der Waals surface area (Å²) in [5.41, 5.74) is 1.33. The van der Waals surface area contributed by atoms with Crippen LogP contribution in [0, 0.1) is 6.92 Å². The van der Waals surface area contributed by atoms with Crippen molar-refractivity contribution in [2.45, 2.75) is 32.2 Å². The normalized spacial score (nSPS) is 15.6. The fourth-order valence-electron chi connectivity index (χ4n) is 3.81. The summed E-state index contributed by atoms with van der Waals surface area (Å²) in [6.07, 6.45) is 9.19. The minimum absolute atomic E-state index is 0.0224. The Bertz CT molecular complexity index is 939. The van der Waals surface area contributed by atoms with Gasteiger partial charge >= 0.3 is 0 Å². The number of rotatable bonds is 5. The average Bonchev–Trinajstić information content (AvgIpc) is 3.29. The molecule has 8 nitrogen and oxygen atoms in total. The van der Waals surface area contributed by atoms with Gasteiger partial charge in [-0.15, -0.1) is 0 Å². The second-order valence-electron chi connectivity index (χ2n) is 6.87. The van der Waals surface area contributed by atoms with Gasteiger partial charge in [-0.2, -0.15) is 0 Å². The Kier molecular flexibility index (Phi) is 4.89. The van der Waals surface area contributed by atoms with Gasteiger partial charge < -0.3 is 14.2 Å². The standard InChI is InChI=1S/C19H24N6O2/c1-14-16(25-8-3-6-21-19(25)22-14)18(26)24-9-4-15(5-10-24)17-20-7-11-23(17)12-13-27-2/h3,6-8,11,15H,4-5,9-10,12-13H2,1-2H3. The number of hydrogen-bond donors (Lipinski definition) is 0. The lowest BCUT2D eigenvalue weighted by atomic mass is 9.95. The molecule has 0 bridgehead atoms. The summed E-state index contributed by atoms with van der Waals surface area (Å²) in [4.78, 5) is 28.2. The molecule has 0 aliphatic carbocycles. The molecule has 0 N–H and O–H groups in total. The van der Waals surface area contributed by atoms with E-state index in [-0.39, 0.29) is 5.91 Å². The quantitative estimate of drug-likeness (QED) is 0.687. The van der Waals surface area contributed by atoms with E-state index in [4.69, 9.17) is 4.74 Å². The van der Waals surface area contributed by atoms with E-state index in [1.165, 1.54) is 0 Å². The van der Waals surface area contributed by atoms with Crippen molar-refractivity contribution < 1.29 is 9.53 Å². The van der Waals surface area contributed by atoms with Crippen LogP contribution in [0.25, 0.3) is 5.78 Å². The lowest BCUT2D eigenvalue weighted by molar-refractivity contribution is 0.0702. The molecule has 4 rings (SSSR count). The third-order valence-electron chi connectivity index (χ3n) is 5.21. The van der Waals surface area contributed by atoms with Crippen LogP contribution in [-0.4, -0.2) is 61.5 Å². The highest BCUT2D eigenvalue weighted by molar-refractivity contribution is 5.94. The Balaban J connectivity index is 1.47. The molecule has 3 aromatic heterocycles. The second-order valence-corrected chi connectivity index (χ2v) is 6.87. The van der Waals surface area contributed by atoms with Crippen LogP contribution in [0.3, 0.4) is 0 Å². The maximum absolute atomic E-state index is 13.1. The Morgan fingerprint density at radius 2 is 2.04 bits per heavy atom. The number of carbonyl (C=O) groups excluding carboxylic acids is 1. The highest BCUT2D eigenvalue weighted by atomic mass is 16.5. The van der Waals surface area contributed by atoms with Crippen molar-refractivity contribution in [3.05, 3.63) is 48.1 Å². The number of imidazole rings is 2. The Hall–Kier alpha value is -2.74. The van der Waals surface area contributed by atoms with E-state index in [1.807, 2.05) is 36.5 Å². The summed E-state index contributed by atoms with van der Waals surface area (Å²) in [5.74, 6) is 2.04.